The van der Waals surface area contributed by atoms with Crippen LogP contribution in [0.3, 0.4) is 0 Å². The first-order chi connectivity index (χ1) is 10.1. The van der Waals surface area contributed by atoms with E-state index in [1.807, 2.05) is 30.3 Å². The lowest BCUT2D eigenvalue weighted by atomic mass is 10.2. The molecule has 1 amide bonds. The molecule has 110 valence electrons. The lowest BCUT2D eigenvalue weighted by Crippen LogP contribution is -2.39. The van der Waals surface area contributed by atoms with E-state index in [-0.39, 0.29) is 10.1 Å². The van der Waals surface area contributed by atoms with E-state index in [0.29, 0.717) is 18.0 Å². The van der Waals surface area contributed by atoms with Gasteiger partial charge in [-0.15, -0.1) is 11.3 Å². The summed E-state index contributed by atoms with van der Waals surface area (Å²) in [7, 11) is -3.72. The second kappa shape index (κ2) is 5.55. The number of aromatic nitrogens is 1. The van der Waals surface area contributed by atoms with Crippen molar-refractivity contribution in [3.8, 4) is 10.6 Å². The minimum Gasteiger partial charge on any atom is -0.355 e. The Labute approximate surface area is 126 Å². The number of hydrogen-bond donors (Lipinski definition) is 2. The predicted octanol–water partition coefficient (Wildman–Crippen LogP) is 0.977. The molecule has 6 nitrogen and oxygen atoms in total. The number of carbonyl (C=O) groups is 1. The average Bonchev–Trinajstić information content (AvgIpc) is 3.10. The van der Waals surface area contributed by atoms with E-state index >= 15 is 0 Å². The van der Waals surface area contributed by atoms with E-state index in [0.717, 1.165) is 16.9 Å². The van der Waals surface area contributed by atoms with Crippen molar-refractivity contribution in [2.45, 2.75) is 16.7 Å². The fourth-order valence-electron chi connectivity index (χ4n) is 2.05. The highest BCUT2D eigenvalue weighted by atomic mass is 32.2. The summed E-state index contributed by atoms with van der Waals surface area (Å²) in [6.45, 7) is 0.490. The molecule has 0 unspecified atom stereocenters. The lowest BCUT2D eigenvalue weighted by molar-refractivity contribution is -0.120. The summed E-state index contributed by atoms with van der Waals surface area (Å²) in [6, 6.07) is 8.66. The van der Waals surface area contributed by atoms with Crippen molar-refractivity contribution >= 4 is 27.3 Å². The van der Waals surface area contributed by atoms with Gasteiger partial charge in [0.2, 0.25) is 5.91 Å². The van der Waals surface area contributed by atoms with Gasteiger partial charge in [0, 0.05) is 12.1 Å². The molecule has 0 spiro atoms. The molecule has 1 fully saturated rings. The third-order valence-corrected chi connectivity index (χ3v) is 6.10. The van der Waals surface area contributed by atoms with Gasteiger partial charge in [-0.2, -0.15) is 4.72 Å². The monoisotopic (exact) mass is 323 g/mol. The number of benzene rings is 1. The van der Waals surface area contributed by atoms with Crippen LogP contribution in [0.2, 0.25) is 0 Å². The number of nitrogens with zero attached hydrogens (tertiary/aromatic N) is 1. The molecule has 1 aliphatic heterocycles. The van der Waals surface area contributed by atoms with Crippen molar-refractivity contribution in [1.82, 2.24) is 15.0 Å². The average molecular weight is 323 g/mol. The summed E-state index contributed by atoms with van der Waals surface area (Å²) >= 11 is 1.08. The highest BCUT2D eigenvalue weighted by molar-refractivity contribution is 7.91. The number of rotatable bonds is 4. The Balaban J connectivity index is 1.83. The Hall–Kier alpha value is -1.77. The maximum atomic E-state index is 12.3. The van der Waals surface area contributed by atoms with Crippen LogP contribution in [0.1, 0.15) is 6.42 Å². The fraction of sp³-hybridized carbons (Fsp3) is 0.231. The Kier molecular flexibility index (Phi) is 3.75. The first-order valence-corrected chi connectivity index (χ1v) is 8.67. The molecular weight excluding hydrogens is 310 g/mol. The smallest absolute Gasteiger partial charge is 0.252 e. The molecule has 1 aromatic carbocycles. The maximum absolute atomic E-state index is 12.3. The van der Waals surface area contributed by atoms with Gasteiger partial charge in [-0.1, -0.05) is 30.3 Å². The zero-order valence-electron chi connectivity index (χ0n) is 10.9. The molecule has 1 atom stereocenters. The maximum Gasteiger partial charge on any atom is 0.252 e. The fourth-order valence-corrected chi connectivity index (χ4v) is 4.43. The van der Waals surface area contributed by atoms with Gasteiger partial charge >= 0.3 is 0 Å². The van der Waals surface area contributed by atoms with Crippen LogP contribution in [0.25, 0.3) is 10.6 Å². The molecule has 2 aromatic rings. The Morgan fingerprint density at radius 3 is 2.71 bits per heavy atom. The molecule has 2 heterocycles. The Morgan fingerprint density at radius 1 is 1.29 bits per heavy atom. The van der Waals surface area contributed by atoms with Gasteiger partial charge in [0.1, 0.15) is 11.0 Å². The first kappa shape index (κ1) is 14.2. The minimum absolute atomic E-state index is 0.112. The number of nitrogens with one attached hydrogen (secondary N) is 2. The molecule has 0 aliphatic carbocycles. The zero-order valence-corrected chi connectivity index (χ0v) is 12.6. The predicted molar refractivity (Wildman–Crippen MR) is 79.3 cm³/mol. The standard InChI is InChI=1S/C13H13N3O3S2/c17-12-10(6-7-14-12)16-21(18,19)11-8-15-13(20-11)9-4-2-1-3-5-9/h1-5,8,10,16H,6-7H2,(H,14,17)/t10-/m0/s1. The molecule has 0 saturated carbocycles. The van der Waals surface area contributed by atoms with Crippen LogP contribution in [0, 0.1) is 0 Å². The van der Waals surface area contributed by atoms with E-state index in [1.54, 1.807) is 0 Å². The van der Waals surface area contributed by atoms with Gasteiger partial charge in [0.25, 0.3) is 10.0 Å². The molecule has 0 bridgehead atoms. The summed E-state index contributed by atoms with van der Waals surface area (Å²) < 4.78 is 27.0. The number of amides is 1. The highest BCUT2D eigenvalue weighted by Crippen LogP contribution is 2.27. The van der Waals surface area contributed by atoms with Gasteiger partial charge in [-0.25, -0.2) is 13.4 Å². The van der Waals surface area contributed by atoms with Crippen molar-refractivity contribution in [1.29, 1.82) is 0 Å². The number of thiazole rings is 1. The normalized spacial score (nSPS) is 18.7. The lowest BCUT2D eigenvalue weighted by Gasteiger charge is -2.08. The van der Waals surface area contributed by atoms with Crippen LogP contribution in [0.5, 0.6) is 0 Å². The van der Waals surface area contributed by atoms with E-state index < -0.39 is 16.1 Å². The van der Waals surface area contributed by atoms with E-state index in [1.165, 1.54) is 6.20 Å². The molecule has 1 aliphatic rings. The van der Waals surface area contributed by atoms with Crippen molar-refractivity contribution in [3.05, 3.63) is 36.5 Å². The van der Waals surface area contributed by atoms with E-state index in [9.17, 15) is 13.2 Å². The summed E-state index contributed by atoms with van der Waals surface area (Å²) in [6.07, 6.45) is 1.78. The van der Waals surface area contributed by atoms with Gasteiger partial charge in [0.15, 0.2) is 4.21 Å². The first-order valence-electron chi connectivity index (χ1n) is 6.37. The second-order valence-corrected chi connectivity index (χ2v) is 7.58. The molecule has 8 heteroatoms. The van der Waals surface area contributed by atoms with Crippen LogP contribution < -0.4 is 10.0 Å². The summed E-state index contributed by atoms with van der Waals surface area (Å²) in [5.74, 6) is -0.286. The topological polar surface area (TPSA) is 88.2 Å². The van der Waals surface area contributed by atoms with Crippen LogP contribution in [-0.4, -0.2) is 31.9 Å². The van der Waals surface area contributed by atoms with E-state index in [4.69, 9.17) is 0 Å². The van der Waals surface area contributed by atoms with Crippen LogP contribution in [0.15, 0.2) is 40.7 Å². The molecule has 3 rings (SSSR count). The quantitative estimate of drug-likeness (QED) is 0.878. The number of sulfonamides is 1. The molecular formula is C13H13N3O3S2. The molecule has 21 heavy (non-hydrogen) atoms. The Morgan fingerprint density at radius 2 is 2.05 bits per heavy atom. The van der Waals surface area contributed by atoms with Crippen molar-refractivity contribution < 1.29 is 13.2 Å². The summed E-state index contributed by atoms with van der Waals surface area (Å²) in [5.41, 5.74) is 0.863. The summed E-state index contributed by atoms with van der Waals surface area (Å²) in [4.78, 5) is 15.6. The van der Waals surface area contributed by atoms with Crippen LogP contribution >= 0.6 is 11.3 Å². The number of carbonyl (C=O) groups excluding carboxylic acids is 1. The van der Waals surface area contributed by atoms with Gasteiger partial charge in [0.05, 0.1) is 6.20 Å². The number of hydrogen-bond acceptors (Lipinski definition) is 5. The molecule has 2 N–H and O–H groups in total. The third-order valence-electron chi connectivity index (χ3n) is 3.12. The van der Waals surface area contributed by atoms with Crippen LogP contribution in [0.4, 0.5) is 0 Å². The molecule has 0 radical (unpaired) electrons. The largest absolute Gasteiger partial charge is 0.355 e. The highest BCUT2D eigenvalue weighted by Gasteiger charge is 2.30. The zero-order chi connectivity index (χ0) is 14.9. The Bertz CT molecular complexity index is 756. The summed E-state index contributed by atoms with van der Waals surface area (Å²) in [5, 5.41) is 3.23. The van der Waals surface area contributed by atoms with Gasteiger partial charge in [-0.3, -0.25) is 4.79 Å². The van der Waals surface area contributed by atoms with Gasteiger partial charge in [-0.05, 0) is 6.42 Å². The second-order valence-electron chi connectivity index (χ2n) is 4.60. The third kappa shape index (κ3) is 2.97. The van der Waals surface area contributed by atoms with Crippen molar-refractivity contribution in [3.63, 3.8) is 0 Å². The van der Waals surface area contributed by atoms with Crippen molar-refractivity contribution in [2.24, 2.45) is 0 Å². The van der Waals surface area contributed by atoms with Crippen LogP contribution in [-0.2, 0) is 14.8 Å². The van der Waals surface area contributed by atoms with Crippen molar-refractivity contribution in [2.75, 3.05) is 6.54 Å². The van der Waals surface area contributed by atoms with Gasteiger partial charge < -0.3 is 5.32 Å². The molecule has 1 aromatic heterocycles. The molecule has 1 saturated heterocycles. The van der Waals surface area contributed by atoms with E-state index in [2.05, 4.69) is 15.0 Å². The minimum atomic E-state index is -3.72. The SMILES string of the molecule is O=C1NCC[C@@H]1NS(=O)(=O)c1cnc(-c2ccccc2)s1.